The number of rotatable bonds is 5. The molecule has 21 heavy (non-hydrogen) atoms. The van der Waals surface area contributed by atoms with Crippen molar-refractivity contribution in [2.75, 3.05) is 32.0 Å². The standard InChI is InChI=1S/C15H22N4O2/c1-17-11-5-4-8-19(9-11)10-14(20)18-13-7-3-2-6-12(13)15(16)21/h2-3,6-7,11,17H,4-5,8-10H2,1H3,(H2,16,21)(H,18,20). The van der Waals surface area contributed by atoms with Gasteiger partial charge in [-0.2, -0.15) is 0 Å². The Balaban J connectivity index is 1.94. The maximum Gasteiger partial charge on any atom is 0.250 e. The zero-order chi connectivity index (χ0) is 15.2. The van der Waals surface area contributed by atoms with E-state index in [9.17, 15) is 9.59 Å². The van der Waals surface area contributed by atoms with Gasteiger partial charge in [0.1, 0.15) is 0 Å². The van der Waals surface area contributed by atoms with Crippen molar-refractivity contribution in [3.05, 3.63) is 29.8 Å². The van der Waals surface area contributed by atoms with Crippen LogP contribution in [0.4, 0.5) is 5.69 Å². The largest absolute Gasteiger partial charge is 0.366 e. The summed E-state index contributed by atoms with van der Waals surface area (Å²) < 4.78 is 0. The summed E-state index contributed by atoms with van der Waals surface area (Å²) in [4.78, 5) is 25.6. The third-order valence-electron chi connectivity index (χ3n) is 3.75. The van der Waals surface area contributed by atoms with Gasteiger partial charge in [0.05, 0.1) is 17.8 Å². The molecule has 1 aromatic carbocycles. The molecule has 1 unspecified atom stereocenters. The second-order valence-corrected chi connectivity index (χ2v) is 5.32. The van der Waals surface area contributed by atoms with E-state index in [1.807, 2.05) is 7.05 Å². The average molecular weight is 290 g/mol. The molecule has 1 aromatic rings. The van der Waals surface area contributed by atoms with Crippen LogP contribution in [0.3, 0.4) is 0 Å². The van der Waals surface area contributed by atoms with E-state index in [4.69, 9.17) is 5.73 Å². The second-order valence-electron chi connectivity index (χ2n) is 5.32. The summed E-state index contributed by atoms with van der Waals surface area (Å²) in [6.07, 6.45) is 2.22. The van der Waals surface area contributed by atoms with Gasteiger partial charge in [0, 0.05) is 12.6 Å². The number of carbonyl (C=O) groups is 2. The summed E-state index contributed by atoms with van der Waals surface area (Å²) in [5.74, 6) is -0.667. The summed E-state index contributed by atoms with van der Waals surface area (Å²) in [5.41, 5.74) is 6.10. The van der Waals surface area contributed by atoms with E-state index in [1.165, 1.54) is 0 Å². The van der Waals surface area contributed by atoms with Gasteiger partial charge in [0.15, 0.2) is 0 Å². The van der Waals surface area contributed by atoms with Crippen LogP contribution in [0.15, 0.2) is 24.3 Å². The molecule has 0 saturated carbocycles. The molecule has 6 nitrogen and oxygen atoms in total. The molecule has 6 heteroatoms. The summed E-state index contributed by atoms with van der Waals surface area (Å²) in [5, 5.41) is 6.02. The molecular weight excluding hydrogens is 268 g/mol. The SMILES string of the molecule is CNC1CCCN(CC(=O)Nc2ccccc2C(N)=O)C1. The van der Waals surface area contributed by atoms with Crippen LogP contribution in [-0.2, 0) is 4.79 Å². The second kappa shape index (κ2) is 7.19. The van der Waals surface area contributed by atoms with E-state index in [0.717, 1.165) is 25.9 Å². The number of piperidine rings is 1. The monoisotopic (exact) mass is 290 g/mol. The first-order valence-electron chi connectivity index (χ1n) is 7.18. The third-order valence-corrected chi connectivity index (χ3v) is 3.75. The van der Waals surface area contributed by atoms with Crippen molar-refractivity contribution in [3.63, 3.8) is 0 Å². The van der Waals surface area contributed by atoms with Gasteiger partial charge in [-0.05, 0) is 38.6 Å². The number of anilines is 1. The van der Waals surface area contributed by atoms with E-state index in [2.05, 4.69) is 15.5 Å². The molecule has 0 radical (unpaired) electrons. The fraction of sp³-hybridized carbons (Fsp3) is 0.467. The van der Waals surface area contributed by atoms with E-state index in [1.54, 1.807) is 24.3 Å². The molecule has 1 heterocycles. The Morgan fingerprint density at radius 1 is 1.38 bits per heavy atom. The lowest BCUT2D eigenvalue weighted by atomic mass is 10.1. The number of nitrogens with one attached hydrogen (secondary N) is 2. The van der Waals surface area contributed by atoms with Crippen molar-refractivity contribution >= 4 is 17.5 Å². The van der Waals surface area contributed by atoms with Crippen LogP contribution in [0.2, 0.25) is 0 Å². The predicted octanol–water partition coefficient (Wildman–Crippen LogP) is 0.408. The fourth-order valence-electron chi connectivity index (χ4n) is 2.63. The van der Waals surface area contributed by atoms with Gasteiger partial charge in [0.2, 0.25) is 5.91 Å². The number of nitrogens with two attached hydrogens (primary N) is 1. The number of likely N-dealkylation sites (N-methyl/N-ethyl adjacent to an activating group) is 1. The molecule has 0 spiro atoms. The number of hydrogen-bond acceptors (Lipinski definition) is 4. The first-order valence-corrected chi connectivity index (χ1v) is 7.18. The van der Waals surface area contributed by atoms with Crippen molar-refractivity contribution in [1.29, 1.82) is 0 Å². The van der Waals surface area contributed by atoms with Gasteiger partial charge >= 0.3 is 0 Å². The van der Waals surface area contributed by atoms with Crippen LogP contribution >= 0.6 is 0 Å². The van der Waals surface area contributed by atoms with Crippen LogP contribution in [0, 0.1) is 0 Å². The van der Waals surface area contributed by atoms with Crippen molar-refractivity contribution in [3.8, 4) is 0 Å². The Morgan fingerprint density at radius 2 is 2.14 bits per heavy atom. The Morgan fingerprint density at radius 3 is 2.86 bits per heavy atom. The molecule has 2 rings (SSSR count). The van der Waals surface area contributed by atoms with Gasteiger partial charge in [0.25, 0.3) is 5.91 Å². The lowest BCUT2D eigenvalue weighted by Crippen LogP contribution is -2.47. The van der Waals surface area contributed by atoms with Gasteiger partial charge in [-0.15, -0.1) is 0 Å². The Labute approximate surface area is 124 Å². The number of hydrogen-bond donors (Lipinski definition) is 3. The minimum Gasteiger partial charge on any atom is -0.366 e. The molecular formula is C15H22N4O2. The summed E-state index contributed by atoms with van der Waals surface area (Å²) in [7, 11) is 1.94. The number of carbonyl (C=O) groups excluding carboxylic acids is 2. The predicted molar refractivity (Wildman–Crippen MR) is 82.1 cm³/mol. The molecule has 114 valence electrons. The quantitative estimate of drug-likeness (QED) is 0.733. The average Bonchev–Trinajstić information content (AvgIpc) is 2.47. The summed E-state index contributed by atoms with van der Waals surface area (Å²) in [6.45, 7) is 2.11. The highest BCUT2D eigenvalue weighted by Gasteiger charge is 2.20. The van der Waals surface area contributed by atoms with Gasteiger partial charge in [-0.3, -0.25) is 14.5 Å². The molecule has 1 atom stereocenters. The summed E-state index contributed by atoms with van der Waals surface area (Å²) >= 11 is 0. The van der Waals surface area contributed by atoms with Crippen molar-refractivity contribution in [2.24, 2.45) is 5.73 Å². The lowest BCUT2D eigenvalue weighted by molar-refractivity contribution is -0.117. The number of likely N-dealkylation sites (tertiary alicyclic amines) is 1. The van der Waals surface area contributed by atoms with E-state index < -0.39 is 5.91 Å². The Hall–Kier alpha value is -1.92. The number of benzene rings is 1. The number of primary amides is 1. The van der Waals surface area contributed by atoms with Crippen LogP contribution < -0.4 is 16.4 Å². The highest BCUT2D eigenvalue weighted by molar-refractivity contribution is 6.03. The van der Waals surface area contributed by atoms with Crippen molar-refractivity contribution in [1.82, 2.24) is 10.2 Å². The highest BCUT2D eigenvalue weighted by atomic mass is 16.2. The molecule has 0 bridgehead atoms. The summed E-state index contributed by atoms with van der Waals surface area (Å²) in [6, 6.07) is 7.21. The smallest absolute Gasteiger partial charge is 0.250 e. The van der Waals surface area contributed by atoms with Crippen LogP contribution in [-0.4, -0.2) is 49.4 Å². The Bertz CT molecular complexity index is 518. The van der Waals surface area contributed by atoms with E-state index in [0.29, 0.717) is 23.8 Å². The molecule has 0 aliphatic carbocycles. The minimum atomic E-state index is -0.542. The molecule has 1 aliphatic rings. The van der Waals surface area contributed by atoms with Crippen LogP contribution in [0.25, 0.3) is 0 Å². The molecule has 1 fully saturated rings. The Kier molecular flexibility index (Phi) is 5.30. The first-order chi connectivity index (χ1) is 10.1. The van der Waals surface area contributed by atoms with Gasteiger partial charge in [-0.25, -0.2) is 0 Å². The molecule has 0 aromatic heterocycles. The molecule has 1 aliphatic heterocycles. The van der Waals surface area contributed by atoms with Crippen LogP contribution in [0.1, 0.15) is 23.2 Å². The van der Waals surface area contributed by atoms with Gasteiger partial charge in [-0.1, -0.05) is 12.1 Å². The van der Waals surface area contributed by atoms with E-state index >= 15 is 0 Å². The van der Waals surface area contributed by atoms with Crippen molar-refractivity contribution < 1.29 is 9.59 Å². The number of para-hydroxylation sites is 1. The molecule has 4 N–H and O–H groups in total. The number of nitrogens with zero attached hydrogens (tertiary/aromatic N) is 1. The van der Waals surface area contributed by atoms with Crippen LogP contribution in [0.5, 0.6) is 0 Å². The van der Waals surface area contributed by atoms with Crippen molar-refractivity contribution in [2.45, 2.75) is 18.9 Å². The molecule has 1 saturated heterocycles. The maximum absolute atomic E-state index is 12.1. The van der Waals surface area contributed by atoms with E-state index in [-0.39, 0.29) is 5.91 Å². The normalized spacial score (nSPS) is 19.2. The number of amides is 2. The maximum atomic E-state index is 12.1. The molecule has 2 amide bonds. The topological polar surface area (TPSA) is 87.5 Å². The zero-order valence-electron chi connectivity index (χ0n) is 12.3. The van der Waals surface area contributed by atoms with Gasteiger partial charge < -0.3 is 16.4 Å². The highest BCUT2D eigenvalue weighted by Crippen LogP contribution is 2.15. The fourth-order valence-corrected chi connectivity index (χ4v) is 2.63. The third kappa shape index (κ3) is 4.27. The zero-order valence-corrected chi connectivity index (χ0v) is 12.3. The lowest BCUT2D eigenvalue weighted by Gasteiger charge is -2.31. The first kappa shape index (κ1) is 15.5. The minimum absolute atomic E-state index is 0.125.